The first-order valence-electron chi connectivity index (χ1n) is 7.99. The maximum Gasteiger partial charge on any atom is 0.189 e. The molecule has 2 aromatic heterocycles. The molecule has 0 radical (unpaired) electrons. The fraction of sp³-hybridized carbons (Fsp3) is 0.500. The maximum atomic E-state index is 4.73. The van der Waals surface area contributed by atoms with Gasteiger partial charge in [0.15, 0.2) is 10.3 Å². The summed E-state index contributed by atoms with van der Waals surface area (Å²) in [5.74, 6) is 3.89. The van der Waals surface area contributed by atoms with Crippen molar-refractivity contribution in [2.75, 3.05) is 23.0 Å². The monoisotopic (exact) mass is 398 g/mol. The molecule has 130 valence electrons. The van der Waals surface area contributed by atoms with E-state index in [0.29, 0.717) is 0 Å². The van der Waals surface area contributed by atoms with Crippen molar-refractivity contribution in [1.29, 1.82) is 0 Å². The average Bonchev–Trinajstić information content (AvgIpc) is 2.56. The predicted octanol–water partition coefficient (Wildman–Crippen LogP) is 5.38. The summed E-state index contributed by atoms with van der Waals surface area (Å²) < 4.78 is 0. The molecule has 0 amide bonds. The van der Waals surface area contributed by atoms with Gasteiger partial charge in [0.2, 0.25) is 0 Å². The molecule has 0 aliphatic heterocycles. The standard InChI is InChI=1S/C16H22N4S4/c1-5-21-13-9-12(18-16(19-13)24-8-4)11-10-17-15(23-7-3)20-14(11)22-6-2/h9-10H,5-8H2,1-4H3. The number of rotatable bonds is 9. The maximum absolute atomic E-state index is 4.73. The minimum atomic E-state index is 0.824. The number of nitrogens with zero attached hydrogens (tertiary/aromatic N) is 4. The van der Waals surface area contributed by atoms with Gasteiger partial charge in [0, 0.05) is 6.20 Å². The zero-order chi connectivity index (χ0) is 17.4. The summed E-state index contributed by atoms with van der Waals surface area (Å²) in [5, 5.41) is 3.67. The molecule has 0 atom stereocenters. The third kappa shape index (κ3) is 5.54. The highest BCUT2D eigenvalue weighted by molar-refractivity contribution is 8.00. The molecule has 24 heavy (non-hydrogen) atoms. The Kier molecular flexibility index (Phi) is 8.72. The average molecular weight is 399 g/mol. The first kappa shape index (κ1) is 19.9. The number of thioether (sulfide) groups is 4. The van der Waals surface area contributed by atoms with Gasteiger partial charge in [-0.2, -0.15) is 0 Å². The quantitative estimate of drug-likeness (QED) is 0.317. The molecule has 0 saturated carbocycles. The third-order valence-electron chi connectivity index (χ3n) is 2.81. The van der Waals surface area contributed by atoms with Crippen molar-refractivity contribution in [3.05, 3.63) is 12.3 Å². The van der Waals surface area contributed by atoms with Crippen LogP contribution in [0.1, 0.15) is 27.7 Å². The van der Waals surface area contributed by atoms with Crippen LogP contribution in [-0.2, 0) is 0 Å². The molecular formula is C16H22N4S4. The normalized spacial score (nSPS) is 11.0. The van der Waals surface area contributed by atoms with Crippen LogP contribution >= 0.6 is 47.0 Å². The largest absolute Gasteiger partial charge is 0.230 e. The van der Waals surface area contributed by atoms with E-state index < -0.39 is 0 Å². The molecule has 0 bridgehead atoms. The summed E-state index contributed by atoms with van der Waals surface area (Å²) in [6, 6.07) is 2.05. The van der Waals surface area contributed by atoms with Crippen LogP contribution in [0, 0.1) is 0 Å². The molecule has 2 rings (SSSR count). The van der Waals surface area contributed by atoms with Crippen LogP contribution in [0.25, 0.3) is 11.3 Å². The fourth-order valence-electron chi connectivity index (χ4n) is 1.93. The van der Waals surface area contributed by atoms with Crippen molar-refractivity contribution in [2.24, 2.45) is 0 Å². The zero-order valence-electron chi connectivity index (χ0n) is 14.4. The van der Waals surface area contributed by atoms with Gasteiger partial charge in [-0.1, -0.05) is 51.2 Å². The van der Waals surface area contributed by atoms with Crippen molar-refractivity contribution in [3.63, 3.8) is 0 Å². The third-order valence-corrected chi connectivity index (χ3v) is 5.95. The smallest absolute Gasteiger partial charge is 0.189 e. The molecule has 0 N–H and O–H groups in total. The Hall–Kier alpha value is -0.440. The van der Waals surface area contributed by atoms with Crippen molar-refractivity contribution in [1.82, 2.24) is 19.9 Å². The lowest BCUT2D eigenvalue weighted by molar-refractivity contribution is 0.868. The lowest BCUT2D eigenvalue weighted by Gasteiger charge is -2.10. The van der Waals surface area contributed by atoms with Gasteiger partial charge in [-0.05, 0) is 29.1 Å². The summed E-state index contributed by atoms with van der Waals surface area (Å²) in [6.07, 6.45) is 1.91. The first-order valence-corrected chi connectivity index (χ1v) is 11.9. The summed E-state index contributed by atoms with van der Waals surface area (Å²) in [6.45, 7) is 8.50. The Morgan fingerprint density at radius 3 is 2.08 bits per heavy atom. The van der Waals surface area contributed by atoms with E-state index >= 15 is 0 Å². The highest BCUT2D eigenvalue weighted by Crippen LogP contribution is 2.32. The topological polar surface area (TPSA) is 51.6 Å². The van der Waals surface area contributed by atoms with Gasteiger partial charge in [-0.25, -0.2) is 19.9 Å². The van der Waals surface area contributed by atoms with Gasteiger partial charge >= 0.3 is 0 Å². The molecule has 0 aromatic carbocycles. The Bertz CT molecular complexity index is 642. The van der Waals surface area contributed by atoms with Crippen molar-refractivity contribution < 1.29 is 0 Å². The lowest BCUT2D eigenvalue weighted by atomic mass is 10.2. The first-order chi connectivity index (χ1) is 11.7. The Balaban J connectivity index is 2.48. The van der Waals surface area contributed by atoms with Crippen LogP contribution in [0.3, 0.4) is 0 Å². The summed E-state index contributed by atoms with van der Waals surface area (Å²) in [5.41, 5.74) is 1.92. The molecule has 0 aliphatic rings. The molecule has 0 saturated heterocycles. The van der Waals surface area contributed by atoms with Gasteiger partial charge in [0.05, 0.1) is 11.3 Å². The van der Waals surface area contributed by atoms with Gasteiger partial charge in [0.25, 0.3) is 0 Å². The summed E-state index contributed by atoms with van der Waals surface area (Å²) in [7, 11) is 0. The van der Waals surface area contributed by atoms with E-state index in [1.165, 1.54) is 0 Å². The molecule has 2 heterocycles. The second-order valence-corrected chi connectivity index (χ2v) is 9.48. The van der Waals surface area contributed by atoms with Gasteiger partial charge in [-0.15, -0.1) is 23.5 Å². The predicted molar refractivity (Wildman–Crippen MR) is 109 cm³/mol. The van der Waals surface area contributed by atoms with E-state index in [9.17, 15) is 0 Å². The van der Waals surface area contributed by atoms with E-state index in [4.69, 9.17) is 9.97 Å². The van der Waals surface area contributed by atoms with E-state index in [1.807, 2.05) is 6.20 Å². The van der Waals surface area contributed by atoms with Crippen molar-refractivity contribution >= 4 is 47.0 Å². The van der Waals surface area contributed by atoms with E-state index in [1.54, 1.807) is 47.0 Å². The molecule has 0 aliphatic carbocycles. The molecule has 4 nitrogen and oxygen atoms in total. The van der Waals surface area contributed by atoms with E-state index in [0.717, 1.165) is 54.6 Å². The van der Waals surface area contributed by atoms with Crippen molar-refractivity contribution in [2.45, 2.75) is 48.1 Å². The molecule has 0 spiro atoms. The van der Waals surface area contributed by atoms with Crippen LogP contribution in [0.4, 0.5) is 0 Å². The second kappa shape index (κ2) is 10.5. The lowest BCUT2D eigenvalue weighted by Crippen LogP contribution is -1.98. The second-order valence-electron chi connectivity index (χ2n) is 4.48. The highest BCUT2D eigenvalue weighted by atomic mass is 32.2. The highest BCUT2D eigenvalue weighted by Gasteiger charge is 2.14. The van der Waals surface area contributed by atoms with Gasteiger partial charge in [0.1, 0.15) is 10.1 Å². The number of hydrogen-bond donors (Lipinski definition) is 0. The molecule has 8 heteroatoms. The fourth-order valence-corrected chi connectivity index (χ4v) is 4.55. The Morgan fingerprint density at radius 1 is 0.750 bits per heavy atom. The Labute approximate surface area is 161 Å². The molecule has 0 fully saturated rings. The van der Waals surface area contributed by atoms with E-state index in [-0.39, 0.29) is 0 Å². The zero-order valence-corrected chi connectivity index (χ0v) is 17.7. The molecular weight excluding hydrogens is 376 g/mol. The van der Waals surface area contributed by atoms with Gasteiger partial charge in [-0.3, -0.25) is 0 Å². The molecule has 0 unspecified atom stereocenters. The van der Waals surface area contributed by atoms with Crippen LogP contribution in [0.2, 0.25) is 0 Å². The summed E-state index contributed by atoms with van der Waals surface area (Å²) >= 11 is 6.81. The van der Waals surface area contributed by atoms with E-state index in [2.05, 4.69) is 43.7 Å². The minimum absolute atomic E-state index is 0.824. The Morgan fingerprint density at radius 2 is 1.42 bits per heavy atom. The number of hydrogen-bond acceptors (Lipinski definition) is 8. The summed E-state index contributed by atoms with van der Waals surface area (Å²) in [4.78, 5) is 18.6. The SMILES string of the molecule is CCSc1cc(-c2cnc(SCC)nc2SCC)nc(SCC)n1. The van der Waals surface area contributed by atoms with Crippen LogP contribution in [0.15, 0.2) is 32.6 Å². The van der Waals surface area contributed by atoms with Crippen LogP contribution in [0.5, 0.6) is 0 Å². The minimum Gasteiger partial charge on any atom is -0.230 e. The molecule has 2 aromatic rings. The van der Waals surface area contributed by atoms with Crippen LogP contribution in [-0.4, -0.2) is 42.9 Å². The van der Waals surface area contributed by atoms with Crippen molar-refractivity contribution in [3.8, 4) is 11.3 Å². The van der Waals surface area contributed by atoms with Crippen LogP contribution < -0.4 is 0 Å². The van der Waals surface area contributed by atoms with Gasteiger partial charge < -0.3 is 0 Å². The number of aromatic nitrogens is 4.